The number of hydrogen-bond acceptors (Lipinski definition) is 5. The van der Waals surface area contributed by atoms with Crippen molar-refractivity contribution in [2.75, 3.05) is 32.8 Å². The molecule has 1 aliphatic carbocycles. The zero-order chi connectivity index (χ0) is 14.0. The Morgan fingerprint density at radius 3 is 2.40 bits per heavy atom. The Hall–Kier alpha value is -0.210. The van der Waals surface area contributed by atoms with E-state index < -0.39 is 10.0 Å². The van der Waals surface area contributed by atoms with Gasteiger partial charge in [0.25, 0.3) is 0 Å². The predicted molar refractivity (Wildman–Crippen MR) is 74.8 cm³/mol. The third-order valence-corrected chi connectivity index (χ3v) is 6.26. The third kappa shape index (κ3) is 3.51. The minimum absolute atomic E-state index is 0.0951. The zero-order valence-corrected chi connectivity index (χ0v) is 12.6. The molecule has 3 aliphatic rings. The molecule has 2 heterocycles. The van der Waals surface area contributed by atoms with Crippen molar-refractivity contribution in [3.8, 4) is 0 Å². The molecule has 0 aromatic rings. The lowest BCUT2D eigenvalue weighted by Crippen LogP contribution is -2.58. The van der Waals surface area contributed by atoms with Gasteiger partial charge in [-0.05, 0) is 12.8 Å². The van der Waals surface area contributed by atoms with Gasteiger partial charge in [0.15, 0.2) is 6.29 Å². The molecule has 1 N–H and O–H groups in total. The Morgan fingerprint density at radius 2 is 1.75 bits per heavy atom. The summed E-state index contributed by atoms with van der Waals surface area (Å²) in [4.78, 5) is 2.16. The van der Waals surface area contributed by atoms with Crippen molar-refractivity contribution in [2.45, 2.75) is 49.7 Å². The summed E-state index contributed by atoms with van der Waals surface area (Å²) in [5.74, 6) is 0. The van der Waals surface area contributed by atoms with E-state index in [2.05, 4.69) is 9.62 Å². The summed E-state index contributed by atoms with van der Waals surface area (Å²) in [7, 11) is -3.13. The van der Waals surface area contributed by atoms with Gasteiger partial charge in [-0.25, -0.2) is 13.1 Å². The van der Waals surface area contributed by atoms with Crippen LogP contribution in [0.25, 0.3) is 0 Å². The van der Waals surface area contributed by atoms with Gasteiger partial charge in [-0.1, -0.05) is 12.8 Å². The molecule has 20 heavy (non-hydrogen) atoms. The Bertz CT molecular complexity index is 410. The van der Waals surface area contributed by atoms with E-state index in [1.165, 1.54) is 0 Å². The number of sulfonamides is 1. The van der Waals surface area contributed by atoms with E-state index in [-0.39, 0.29) is 17.6 Å². The molecule has 1 saturated carbocycles. The number of ether oxygens (including phenoxy) is 2. The van der Waals surface area contributed by atoms with Crippen LogP contribution in [-0.4, -0.2) is 63.7 Å². The summed E-state index contributed by atoms with van der Waals surface area (Å²) in [6.07, 6.45) is 5.00. The second-order valence-corrected chi connectivity index (χ2v) is 7.98. The standard InChI is InChI=1S/C13H24N2O4S/c16-20(17,14-11-3-1-2-4-11)12-9-15(10-12)6-5-13-18-7-8-19-13/h11-14H,1-10H2. The van der Waals surface area contributed by atoms with Crippen LogP contribution in [0.15, 0.2) is 0 Å². The highest BCUT2D eigenvalue weighted by Gasteiger charge is 2.38. The molecule has 0 atom stereocenters. The molecule has 116 valence electrons. The first-order chi connectivity index (χ1) is 9.63. The minimum atomic E-state index is -3.13. The molecule has 0 unspecified atom stereocenters. The number of hydrogen-bond donors (Lipinski definition) is 1. The first kappa shape index (κ1) is 14.7. The molecule has 2 saturated heterocycles. The first-order valence-electron chi connectivity index (χ1n) is 7.60. The van der Waals surface area contributed by atoms with Crippen molar-refractivity contribution in [2.24, 2.45) is 0 Å². The van der Waals surface area contributed by atoms with Gasteiger partial charge in [0.05, 0.1) is 13.2 Å². The lowest BCUT2D eigenvalue weighted by molar-refractivity contribution is -0.0540. The van der Waals surface area contributed by atoms with Crippen LogP contribution >= 0.6 is 0 Å². The maximum atomic E-state index is 12.2. The van der Waals surface area contributed by atoms with Crippen LogP contribution in [0, 0.1) is 0 Å². The number of rotatable bonds is 6. The van der Waals surface area contributed by atoms with Gasteiger partial charge in [-0.15, -0.1) is 0 Å². The van der Waals surface area contributed by atoms with Crippen molar-refractivity contribution < 1.29 is 17.9 Å². The van der Waals surface area contributed by atoms with Crippen LogP contribution in [0.5, 0.6) is 0 Å². The van der Waals surface area contributed by atoms with E-state index in [1.807, 2.05) is 0 Å². The molecule has 6 nitrogen and oxygen atoms in total. The Balaban J connectivity index is 1.37. The fourth-order valence-electron chi connectivity index (χ4n) is 3.14. The molecule has 0 aromatic heterocycles. The third-order valence-electron chi connectivity index (χ3n) is 4.42. The zero-order valence-electron chi connectivity index (χ0n) is 11.8. The largest absolute Gasteiger partial charge is 0.350 e. The summed E-state index contributed by atoms with van der Waals surface area (Å²) in [5.41, 5.74) is 0. The van der Waals surface area contributed by atoms with Crippen molar-refractivity contribution in [3.05, 3.63) is 0 Å². The molecule has 2 aliphatic heterocycles. The van der Waals surface area contributed by atoms with Crippen LogP contribution in [0.3, 0.4) is 0 Å². The van der Waals surface area contributed by atoms with Gasteiger partial charge in [-0.2, -0.15) is 0 Å². The topological polar surface area (TPSA) is 67.9 Å². The van der Waals surface area contributed by atoms with Gasteiger partial charge >= 0.3 is 0 Å². The van der Waals surface area contributed by atoms with Crippen LogP contribution in [-0.2, 0) is 19.5 Å². The van der Waals surface area contributed by atoms with E-state index in [9.17, 15) is 8.42 Å². The summed E-state index contributed by atoms with van der Waals surface area (Å²) in [5, 5.41) is -0.242. The summed E-state index contributed by atoms with van der Waals surface area (Å²) in [6.45, 7) is 3.46. The maximum Gasteiger partial charge on any atom is 0.217 e. The molecule has 3 fully saturated rings. The number of likely N-dealkylation sites (tertiary alicyclic amines) is 1. The van der Waals surface area contributed by atoms with Gasteiger partial charge in [0.2, 0.25) is 10.0 Å². The van der Waals surface area contributed by atoms with Gasteiger partial charge in [0, 0.05) is 32.1 Å². The van der Waals surface area contributed by atoms with Gasteiger partial charge in [-0.3, -0.25) is 0 Å². The summed E-state index contributed by atoms with van der Waals surface area (Å²) >= 11 is 0. The SMILES string of the molecule is O=S(=O)(NC1CCCC1)C1CN(CCC2OCCO2)C1. The monoisotopic (exact) mass is 304 g/mol. The molecule has 0 spiro atoms. The van der Waals surface area contributed by atoms with Crippen LogP contribution in [0.4, 0.5) is 0 Å². The number of nitrogens with zero attached hydrogens (tertiary/aromatic N) is 1. The van der Waals surface area contributed by atoms with Crippen molar-refractivity contribution in [1.29, 1.82) is 0 Å². The normalized spacial score (nSPS) is 27.2. The summed E-state index contributed by atoms with van der Waals surface area (Å²) < 4.78 is 38.0. The van der Waals surface area contributed by atoms with E-state index >= 15 is 0 Å². The first-order valence-corrected chi connectivity index (χ1v) is 9.15. The number of nitrogens with one attached hydrogen (secondary N) is 1. The smallest absolute Gasteiger partial charge is 0.217 e. The van der Waals surface area contributed by atoms with E-state index in [0.717, 1.165) is 38.6 Å². The minimum Gasteiger partial charge on any atom is -0.350 e. The van der Waals surface area contributed by atoms with Gasteiger partial charge in [0.1, 0.15) is 5.25 Å². The van der Waals surface area contributed by atoms with Crippen LogP contribution in [0.1, 0.15) is 32.1 Å². The molecule has 3 rings (SSSR count). The molecular weight excluding hydrogens is 280 g/mol. The quantitative estimate of drug-likeness (QED) is 0.764. The van der Waals surface area contributed by atoms with Crippen LogP contribution in [0.2, 0.25) is 0 Å². The average Bonchev–Trinajstić information content (AvgIpc) is 2.98. The lowest BCUT2D eigenvalue weighted by atomic mass is 10.2. The molecule has 0 bridgehead atoms. The average molecular weight is 304 g/mol. The van der Waals surface area contributed by atoms with E-state index in [0.29, 0.717) is 26.3 Å². The Kier molecular flexibility index (Phi) is 4.62. The Morgan fingerprint density at radius 1 is 1.10 bits per heavy atom. The van der Waals surface area contributed by atoms with E-state index in [4.69, 9.17) is 9.47 Å². The fraction of sp³-hybridized carbons (Fsp3) is 1.00. The van der Waals surface area contributed by atoms with Crippen molar-refractivity contribution in [3.63, 3.8) is 0 Å². The summed E-state index contributed by atoms with van der Waals surface area (Å²) in [6, 6.07) is 0.175. The molecule has 0 amide bonds. The highest BCUT2D eigenvalue weighted by Crippen LogP contribution is 2.22. The molecule has 0 aromatic carbocycles. The molecular formula is C13H24N2O4S. The maximum absolute atomic E-state index is 12.2. The Labute approximate surface area is 120 Å². The lowest BCUT2D eigenvalue weighted by Gasteiger charge is -2.39. The fourth-order valence-corrected chi connectivity index (χ4v) is 4.84. The van der Waals surface area contributed by atoms with E-state index in [1.54, 1.807) is 0 Å². The van der Waals surface area contributed by atoms with Gasteiger partial charge < -0.3 is 14.4 Å². The second-order valence-electron chi connectivity index (χ2n) is 5.99. The van der Waals surface area contributed by atoms with Crippen LogP contribution < -0.4 is 4.72 Å². The predicted octanol–water partition coefficient (Wildman–Crippen LogP) is 0.296. The molecule has 7 heteroatoms. The highest BCUT2D eigenvalue weighted by atomic mass is 32.2. The molecule has 0 radical (unpaired) electrons. The van der Waals surface area contributed by atoms with Crippen molar-refractivity contribution in [1.82, 2.24) is 9.62 Å². The van der Waals surface area contributed by atoms with Crippen molar-refractivity contribution >= 4 is 10.0 Å². The second kappa shape index (κ2) is 6.27. The highest BCUT2D eigenvalue weighted by molar-refractivity contribution is 7.90.